The maximum absolute atomic E-state index is 2.68. The molecule has 8 aromatic carbocycles. The zero-order chi connectivity index (χ0) is 49.6. The number of rotatable bonds is 6. The summed E-state index contributed by atoms with van der Waals surface area (Å²) in [5.74, 6) is 0. The van der Waals surface area contributed by atoms with E-state index in [4.69, 9.17) is 0 Å². The maximum atomic E-state index is 2.68. The molecular formula is C67H68BN3. The minimum atomic E-state index is -0.0259. The second-order valence-electron chi connectivity index (χ2n) is 25.0. The van der Waals surface area contributed by atoms with Gasteiger partial charge in [0, 0.05) is 45.5 Å². The Kier molecular flexibility index (Phi) is 9.98. The molecule has 2 heterocycles. The topological polar surface area (TPSA) is 9.72 Å². The summed E-state index contributed by atoms with van der Waals surface area (Å²) in [6.45, 7) is 28.9. The number of aryl methyl sites for hydroxylation is 1. The molecule has 0 radical (unpaired) electrons. The fraction of sp³-hybridized carbons (Fsp3) is 0.284. The van der Waals surface area contributed by atoms with Crippen LogP contribution in [0.1, 0.15) is 122 Å². The van der Waals surface area contributed by atoms with Crippen LogP contribution in [0.5, 0.6) is 0 Å². The number of anilines is 9. The van der Waals surface area contributed by atoms with E-state index >= 15 is 0 Å². The first-order valence-corrected chi connectivity index (χ1v) is 26.0. The van der Waals surface area contributed by atoms with Gasteiger partial charge in [0.15, 0.2) is 0 Å². The van der Waals surface area contributed by atoms with E-state index in [1.165, 1.54) is 95.0 Å². The normalized spacial score (nSPS) is 17.3. The highest BCUT2D eigenvalue weighted by molar-refractivity contribution is 7.00. The number of nitrogens with zero attached hydrogens (tertiary/aromatic N) is 3. The summed E-state index contributed by atoms with van der Waals surface area (Å²) in [4.78, 5) is 7.78. The molecule has 354 valence electrons. The van der Waals surface area contributed by atoms with E-state index in [-0.39, 0.29) is 33.8 Å². The van der Waals surface area contributed by atoms with Crippen LogP contribution in [0, 0.1) is 6.92 Å². The van der Waals surface area contributed by atoms with Gasteiger partial charge in [-0.05, 0) is 174 Å². The first-order valence-electron chi connectivity index (χ1n) is 26.0. The van der Waals surface area contributed by atoms with Crippen LogP contribution in [0.25, 0.3) is 11.1 Å². The molecule has 8 aromatic rings. The summed E-state index contributed by atoms with van der Waals surface area (Å²) in [7, 11) is 0. The van der Waals surface area contributed by atoms with Crippen molar-refractivity contribution in [1.82, 2.24) is 0 Å². The predicted molar refractivity (Wildman–Crippen MR) is 305 cm³/mol. The fourth-order valence-corrected chi connectivity index (χ4v) is 14.0. The Labute approximate surface area is 424 Å². The van der Waals surface area contributed by atoms with Crippen molar-refractivity contribution in [3.05, 3.63) is 203 Å². The van der Waals surface area contributed by atoms with Crippen LogP contribution < -0.4 is 31.1 Å². The molecule has 71 heavy (non-hydrogen) atoms. The Hall–Kier alpha value is -6.78. The standard InChI is InChI=1S/C67H68BN3/c1-43-34-46(63(2,3)4)29-33-57(43)71-58-35-45(44-22-16-13-17-23-44)28-32-55(58)68-56-39-53-54(67(11,12)42-66(53,9)10)40-59(56)70(49-30-31-51-52(36-49)65(7,8)41-64(51,5)6)60-37-50(38-61(71)62(60)68)69(47-24-18-14-19-25-47)48-26-20-15-21-27-48/h13-40H,41-42H2,1-12H3. The molecule has 0 unspecified atom stereocenters. The summed E-state index contributed by atoms with van der Waals surface area (Å²) < 4.78 is 0. The number of hydrogen-bond donors (Lipinski definition) is 0. The Balaban J connectivity index is 1.24. The third-order valence-corrected chi connectivity index (χ3v) is 16.8. The van der Waals surface area contributed by atoms with Crippen LogP contribution in [0.2, 0.25) is 0 Å². The second-order valence-corrected chi connectivity index (χ2v) is 25.0. The lowest BCUT2D eigenvalue weighted by Gasteiger charge is -2.46. The lowest BCUT2D eigenvalue weighted by atomic mass is 9.33. The quantitative estimate of drug-likeness (QED) is 0.154. The summed E-state index contributed by atoms with van der Waals surface area (Å²) in [6.07, 6.45) is 2.22. The van der Waals surface area contributed by atoms with Gasteiger partial charge in [0.2, 0.25) is 0 Å². The van der Waals surface area contributed by atoms with E-state index in [9.17, 15) is 0 Å². The average Bonchev–Trinajstić information content (AvgIpc) is 3.64. The van der Waals surface area contributed by atoms with Gasteiger partial charge in [-0.2, -0.15) is 0 Å². The highest BCUT2D eigenvalue weighted by atomic mass is 15.2. The Morgan fingerprint density at radius 2 is 0.958 bits per heavy atom. The molecule has 0 aromatic heterocycles. The summed E-state index contributed by atoms with van der Waals surface area (Å²) in [6, 6.07) is 65.2. The molecule has 0 spiro atoms. The number of para-hydroxylation sites is 2. The molecule has 0 amide bonds. The molecule has 0 saturated heterocycles. The van der Waals surface area contributed by atoms with Crippen molar-refractivity contribution in [1.29, 1.82) is 0 Å². The second kappa shape index (κ2) is 15.6. The monoisotopic (exact) mass is 926 g/mol. The van der Waals surface area contributed by atoms with Crippen molar-refractivity contribution < 1.29 is 0 Å². The highest BCUT2D eigenvalue weighted by Crippen LogP contribution is 2.56. The van der Waals surface area contributed by atoms with Gasteiger partial charge < -0.3 is 14.7 Å². The van der Waals surface area contributed by atoms with E-state index < -0.39 is 0 Å². The molecule has 2 aliphatic heterocycles. The van der Waals surface area contributed by atoms with Crippen LogP contribution in [0.15, 0.2) is 170 Å². The molecule has 0 bridgehead atoms. The lowest BCUT2D eigenvalue weighted by Crippen LogP contribution is -2.61. The van der Waals surface area contributed by atoms with Gasteiger partial charge >= 0.3 is 0 Å². The third kappa shape index (κ3) is 7.14. The van der Waals surface area contributed by atoms with Crippen molar-refractivity contribution in [2.24, 2.45) is 0 Å². The van der Waals surface area contributed by atoms with Gasteiger partial charge in [-0.15, -0.1) is 0 Å². The minimum absolute atomic E-state index is 0.00602. The number of fused-ring (bicyclic) bond motifs is 6. The predicted octanol–water partition coefficient (Wildman–Crippen LogP) is 16.4. The van der Waals surface area contributed by atoms with Gasteiger partial charge in [0.05, 0.1) is 5.69 Å². The largest absolute Gasteiger partial charge is 0.311 e. The van der Waals surface area contributed by atoms with Gasteiger partial charge in [0.1, 0.15) is 0 Å². The van der Waals surface area contributed by atoms with Gasteiger partial charge in [-0.25, -0.2) is 0 Å². The van der Waals surface area contributed by atoms with Gasteiger partial charge in [-0.1, -0.05) is 179 Å². The van der Waals surface area contributed by atoms with Crippen molar-refractivity contribution in [2.75, 3.05) is 14.7 Å². The number of benzene rings is 8. The van der Waals surface area contributed by atoms with Crippen molar-refractivity contribution in [3.63, 3.8) is 0 Å². The third-order valence-electron chi connectivity index (χ3n) is 16.8. The maximum Gasteiger partial charge on any atom is 0.252 e. The van der Waals surface area contributed by atoms with Gasteiger partial charge in [-0.3, -0.25) is 0 Å². The Morgan fingerprint density at radius 1 is 0.423 bits per heavy atom. The van der Waals surface area contributed by atoms with E-state index in [1.807, 2.05) is 0 Å². The van der Waals surface area contributed by atoms with Crippen LogP contribution >= 0.6 is 0 Å². The Bertz CT molecular complexity index is 3390. The van der Waals surface area contributed by atoms with Crippen LogP contribution in [-0.4, -0.2) is 6.71 Å². The first kappa shape index (κ1) is 45.4. The zero-order valence-corrected chi connectivity index (χ0v) is 44.0. The highest BCUT2D eigenvalue weighted by Gasteiger charge is 2.49. The lowest BCUT2D eigenvalue weighted by molar-refractivity contribution is 0.403. The van der Waals surface area contributed by atoms with Crippen molar-refractivity contribution in [3.8, 4) is 11.1 Å². The van der Waals surface area contributed by atoms with Crippen LogP contribution in [0.4, 0.5) is 51.2 Å². The van der Waals surface area contributed by atoms with E-state index in [0.29, 0.717) is 0 Å². The van der Waals surface area contributed by atoms with Crippen LogP contribution in [0.3, 0.4) is 0 Å². The van der Waals surface area contributed by atoms with E-state index in [2.05, 4.69) is 268 Å². The molecule has 0 saturated carbocycles. The molecule has 4 aliphatic rings. The molecule has 0 fully saturated rings. The van der Waals surface area contributed by atoms with Crippen LogP contribution in [-0.2, 0) is 27.1 Å². The molecule has 3 nitrogen and oxygen atoms in total. The fourth-order valence-electron chi connectivity index (χ4n) is 14.0. The smallest absolute Gasteiger partial charge is 0.252 e. The SMILES string of the molecule is Cc1cc(C(C)(C)C)ccc1N1c2cc(-c3ccccc3)ccc2B2c3cc4c(cc3N(c3ccc5c(c3)C(C)(C)CC5(C)C)c3cc(N(c5ccccc5)c5ccccc5)cc1c32)C(C)(C)CC4(C)C. The minimum Gasteiger partial charge on any atom is -0.311 e. The van der Waals surface area contributed by atoms with E-state index in [1.54, 1.807) is 0 Å². The summed E-state index contributed by atoms with van der Waals surface area (Å²) in [5.41, 5.74) is 25.8. The first-order chi connectivity index (χ1) is 33.7. The average molecular weight is 926 g/mol. The molecule has 12 rings (SSSR count). The molecular weight excluding hydrogens is 858 g/mol. The van der Waals surface area contributed by atoms with Crippen molar-refractivity contribution >= 4 is 74.3 Å². The molecule has 4 heteroatoms. The summed E-state index contributed by atoms with van der Waals surface area (Å²) in [5, 5.41) is 0. The zero-order valence-electron chi connectivity index (χ0n) is 44.0. The number of hydrogen-bond acceptors (Lipinski definition) is 3. The Morgan fingerprint density at radius 3 is 1.55 bits per heavy atom. The molecule has 2 aliphatic carbocycles. The molecule has 0 atom stereocenters. The van der Waals surface area contributed by atoms with E-state index in [0.717, 1.165) is 29.9 Å². The van der Waals surface area contributed by atoms with Gasteiger partial charge in [0.25, 0.3) is 6.71 Å². The van der Waals surface area contributed by atoms with Crippen molar-refractivity contribution in [2.45, 2.75) is 123 Å². The molecule has 0 N–H and O–H groups in total. The summed E-state index contributed by atoms with van der Waals surface area (Å²) >= 11 is 0.